The van der Waals surface area contributed by atoms with Gasteiger partial charge >= 0.3 is 0 Å². The minimum Gasteiger partial charge on any atom is -0.339 e. The van der Waals surface area contributed by atoms with Crippen LogP contribution in [0.2, 0.25) is 10.0 Å². The van der Waals surface area contributed by atoms with Crippen molar-refractivity contribution in [2.75, 3.05) is 10.6 Å². The fourth-order valence-electron chi connectivity index (χ4n) is 2.23. The Morgan fingerprint density at radius 3 is 2.38 bits per heavy atom. The average molecular weight is 383 g/mol. The van der Waals surface area contributed by atoms with Crippen molar-refractivity contribution in [2.24, 2.45) is 0 Å². The molecule has 1 aromatic heterocycles. The van der Waals surface area contributed by atoms with Gasteiger partial charge in [0.2, 0.25) is 0 Å². The average Bonchev–Trinajstić information content (AvgIpc) is 2.66. The summed E-state index contributed by atoms with van der Waals surface area (Å²) in [4.78, 5) is 16.6. The highest BCUT2D eigenvalue weighted by molar-refractivity contribution is 6.40. The number of nitrogens with zero attached hydrogens (tertiary/aromatic N) is 2. The summed E-state index contributed by atoms with van der Waals surface area (Å²) in [5.74, 6) is 0.136. The second-order valence-electron chi connectivity index (χ2n) is 5.27. The fourth-order valence-corrected chi connectivity index (χ4v) is 2.72. The number of carbonyl (C=O) groups is 1. The van der Waals surface area contributed by atoms with Gasteiger partial charge in [-0.2, -0.15) is 5.26 Å². The Morgan fingerprint density at radius 1 is 1.00 bits per heavy atom. The summed E-state index contributed by atoms with van der Waals surface area (Å²) in [6, 6.07) is 17.4. The van der Waals surface area contributed by atoms with Gasteiger partial charge in [-0.1, -0.05) is 41.4 Å². The maximum Gasteiger partial charge on any atom is 0.257 e. The summed E-state index contributed by atoms with van der Waals surface area (Å²) in [6.45, 7) is 0. The summed E-state index contributed by atoms with van der Waals surface area (Å²) in [6.07, 6.45) is 1.43. The third kappa shape index (κ3) is 3.94. The lowest BCUT2D eigenvalue weighted by Gasteiger charge is -2.10. The number of hydrogen-bond donors (Lipinski definition) is 2. The normalized spacial score (nSPS) is 10.0. The molecule has 1 heterocycles. The number of hydrogen-bond acceptors (Lipinski definition) is 4. The van der Waals surface area contributed by atoms with Gasteiger partial charge < -0.3 is 10.6 Å². The van der Waals surface area contributed by atoms with Gasteiger partial charge in [0, 0.05) is 6.20 Å². The summed E-state index contributed by atoms with van der Waals surface area (Å²) >= 11 is 12.1. The van der Waals surface area contributed by atoms with Crippen LogP contribution in [-0.2, 0) is 0 Å². The van der Waals surface area contributed by atoms with Gasteiger partial charge in [0.25, 0.3) is 5.91 Å². The summed E-state index contributed by atoms with van der Waals surface area (Å²) in [5.41, 5.74) is 1.85. The Labute approximate surface area is 160 Å². The van der Waals surface area contributed by atoms with E-state index in [1.807, 2.05) is 6.07 Å². The smallest absolute Gasteiger partial charge is 0.257 e. The minimum absolute atomic E-state index is 0.347. The van der Waals surface area contributed by atoms with E-state index in [1.165, 1.54) is 6.20 Å². The van der Waals surface area contributed by atoms with Crippen molar-refractivity contribution in [3.05, 3.63) is 82.0 Å². The first-order valence-electron chi connectivity index (χ1n) is 7.56. The van der Waals surface area contributed by atoms with Crippen LogP contribution in [0, 0.1) is 11.3 Å². The third-order valence-corrected chi connectivity index (χ3v) is 4.17. The molecule has 128 valence electrons. The van der Waals surface area contributed by atoms with Crippen LogP contribution in [-0.4, -0.2) is 10.9 Å². The topological polar surface area (TPSA) is 77.8 Å². The predicted molar refractivity (Wildman–Crippen MR) is 103 cm³/mol. The number of anilines is 3. The molecule has 0 spiro atoms. The van der Waals surface area contributed by atoms with Gasteiger partial charge in [0.05, 0.1) is 32.5 Å². The van der Waals surface area contributed by atoms with Crippen LogP contribution in [0.3, 0.4) is 0 Å². The van der Waals surface area contributed by atoms with E-state index >= 15 is 0 Å². The number of pyridine rings is 1. The molecular weight excluding hydrogens is 371 g/mol. The molecule has 1 amide bonds. The molecule has 5 nitrogen and oxygen atoms in total. The highest BCUT2D eigenvalue weighted by Gasteiger charge is 2.12. The van der Waals surface area contributed by atoms with E-state index in [0.717, 1.165) is 0 Å². The lowest BCUT2D eigenvalue weighted by Crippen LogP contribution is -2.13. The number of aromatic nitrogens is 1. The molecule has 2 aromatic carbocycles. The van der Waals surface area contributed by atoms with Crippen molar-refractivity contribution in [3.63, 3.8) is 0 Å². The standard InChI is InChI=1S/C19H12Cl2N4O/c20-14-5-3-6-15(21)18(14)25-19(26)13-8-9-17(23-11-13)24-16-7-2-1-4-12(16)10-22/h1-9,11H,(H,23,24)(H,25,26). The largest absolute Gasteiger partial charge is 0.339 e. The first kappa shape index (κ1) is 17.7. The molecule has 26 heavy (non-hydrogen) atoms. The summed E-state index contributed by atoms with van der Waals surface area (Å²) in [5, 5.41) is 15.5. The first-order valence-corrected chi connectivity index (χ1v) is 8.31. The molecule has 0 saturated carbocycles. The number of amides is 1. The first-order chi connectivity index (χ1) is 12.6. The number of benzene rings is 2. The van der Waals surface area contributed by atoms with E-state index in [9.17, 15) is 4.79 Å². The van der Waals surface area contributed by atoms with Gasteiger partial charge in [-0.15, -0.1) is 0 Å². The molecule has 0 aliphatic carbocycles. The molecule has 0 saturated heterocycles. The Hall–Kier alpha value is -3.07. The minimum atomic E-state index is -0.378. The summed E-state index contributed by atoms with van der Waals surface area (Å²) < 4.78 is 0. The maximum atomic E-state index is 12.4. The number of rotatable bonds is 4. The summed E-state index contributed by atoms with van der Waals surface area (Å²) in [7, 11) is 0. The Bertz CT molecular complexity index is 977. The van der Waals surface area contributed by atoms with E-state index < -0.39 is 0 Å². The van der Waals surface area contributed by atoms with Crippen LogP contribution < -0.4 is 10.6 Å². The number of carbonyl (C=O) groups excluding carboxylic acids is 1. The Kier molecular flexibility index (Phi) is 5.37. The molecule has 0 atom stereocenters. The van der Waals surface area contributed by atoms with Crippen molar-refractivity contribution in [2.45, 2.75) is 0 Å². The lowest BCUT2D eigenvalue weighted by atomic mass is 10.2. The number of nitrogens with one attached hydrogen (secondary N) is 2. The predicted octanol–water partition coefficient (Wildman–Crippen LogP) is 5.26. The van der Waals surface area contributed by atoms with Crippen LogP contribution in [0.4, 0.5) is 17.2 Å². The highest BCUT2D eigenvalue weighted by atomic mass is 35.5. The van der Waals surface area contributed by atoms with Crippen LogP contribution in [0.1, 0.15) is 15.9 Å². The quantitative estimate of drug-likeness (QED) is 0.645. The van der Waals surface area contributed by atoms with Crippen LogP contribution in [0.5, 0.6) is 0 Å². The van der Waals surface area contributed by atoms with Gasteiger partial charge in [0.1, 0.15) is 11.9 Å². The van der Waals surface area contributed by atoms with Crippen molar-refractivity contribution in [3.8, 4) is 6.07 Å². The van der Waals surface area contributed by atoms with Crippen LogP contribution in [0.25, 0.3) is 0 Å². The van der Waals surface area contributed by atoms with Gasteiger partial charge in [-0.25, -0.2) is 4.98 Å². The molecule has 3 aromatic rings. The number of nitriles is 1. The van der Waals surface area contributed by atoms with E-state index in [2.05, 4.69) is 21.7 Å². The molecule has 3 rings (SSSR count). The molecule has 0 bridgehead atoms. The van der Waals surface area contributed by atoms with Gasteiger partial charge in [0.15, 0.2) is 0 Å². The molecule has 0 aliphatic heterocycles. The van der Waals surface area contributed by atoms with Crippen molar-refractivity contribution >= 4 is 46.3 Å². The molecule has 7 heteroatoms. The SMILES string of the molecule is N#Cc1ccccc1Nc1ccc(C(=O)Nc2c(Cl)cccc2Cl)cn1. The zero-order valence-corrected chi connectivity index (χ0v) is 14.8. The van der Waals surface area contributed by atoms with E-state index in [-0.39, 0.29) is 5.91 Å². The molecule has 0 fully saturated rings. The molecule has 2 N–H and O–H groups in total. The fraction of sp³-hybridized carbons (Fsp3) is 0. The lowest BCUT2D eigenvalue weighted by molar-refractivity contribution is 0.102. The zero-order valence-electron chi connectivity index (χ0n) is 13.3. The van der Waals surface area contributed by atoms with Crippen molar-refractivity contribution in [1.82, 2.24) is 4.98 Å². The van der Waals surface area contributed by atoms with Crippen molar-refractivity contribution < 1.29 is 4.79 Å². The van der Waals surface area contributed by atoms with E-state index in [4.69, 9.17) is 28.5 Å². The van der Waals surface area contributed by atoms with Gasteiger partial charge in [-0.05, 0) is 36.4 Å². The Balaban J connectivity index is 1.75. The zero-order chi connectivity index (χ0) is 18.5. The van der Waals surface area contributed by atoms with Crippen LogP contribution >= 0.6 is 23.2 Å². The van der Waals surface area contributed by atoms with E-state index in [0.29, 0.717) is 38.4 Å². The monoisotopic (exact) mass is 382 g/mol. The molecule has 0 unspecified atom stereocenters. The Morgan fingerprint density at radius 2 is 1.73 bits per heavy atom. The third-order valence-electron chi connectivity index (χ3n) is 3.54. The molecular formula is C19H12Cl2N4O. The van der Waals surface area contributed by atoms with Crippen LogP contribution in [0.15, 0.2) is 60.8 Å². The second-order valence-corrected chi connectivity index (χ2v) is 6.08. The maximum absolute atomic E-state index is 12.4. The van der Waals surface area contributed by atoms with Gasteiger partial charge in [-0.3, -0.25) is 4.79 Å². The highest BCUT2D eigenvalue weighted by Crippen LogP contribution is 2.30. The number of para-hydroxylation sites is 2. The van der Waals surface area contributed by atoms with E-state index in [1.54, 1.807) is 48.5 Å². The van der Waals surface area contributed by atoms with Crippen molar-refractivity contribution in [1.29, 1.82) is 5.26 Å². The molecule has 0 radical (unpaired) electrons. The number of halogens is 2. The molecule has 0 aliphatic rings. The second kappa shape index (κ2) is 7.87.